The van der Waals surface area contributed by atoms with Gasteiger partial charge in [0.1, 0.15) is 10.7 Å². The van der Waals surface area contributed by atoms with E-state index < -0.39 is 17.8 Å². The molecule has 112 valence electrons. The molecule has 21 heavy (non-hydrogen) atoms. The average Bonchev–Trinajstić information content (AvgIpc) is 2.84. The highest BCUT2D eigenvalue weighted by atomic mass is 32.1. The predicted molar refractivity (Wildman–Crippen MR) is 79.1 cm³/mol. The van der Waals surface area contributed by atoms with Gasteiger partial charge in [-0.3, -0.25) is 4.79 Å². The van der Waals surface area contributed by atoms with Crippen molar-refractivity contribution in [3.05, 3.63) is 34.5 Å². The quantitative estimate of drug-likeness (QED) is 0.789. The Balaban J connectivity index is 2.39. The summed E-state index contributed by atoms with van der Waals surface area (Å²) in [6.45, 7) is 1.77. The summed E-state index contributed by atoms with van der Waals surface area (Å²) in [6.07, 6.45) is 0. The third-order valence-electron chi connectivity index (χ3n) is 3.18. The number of amides is 1. The second-order valence-corrected chi connectivity index (χ2v) is 5.60. The molecule has 1 heterocycles. The molecule has 0 spiro atoms. The van der Waals surface area contributed by atoms with Crippen molar-refractivity contribution in [2.24, 2.45) is 0 Å². The first kappa shape index (κ1) is 15.4. The highest BCUT2D eigenvalue weighted by Gasteiger charge is 2.21. The van der Waals surface area contributed by atoms with Crippen LogP contribution in [0.25, 0.3) is 10.1 Å². The number of carboxylic acids is 1. The molecule has 0 saturated carbocycles. The molecule has 0 aliphatic heterocycles. The van der Waals surface area contributed by atoms with E-state index in [0.29, 0.717) is 15.6 Å². The van der Waals surface area contributed by atoms with Gasteiger partial charge in [-0.2, -0.15) is 0 Å². The van der Waals surface area contributed by atoms with E-state index in [1.54, 1.807) is 19.1 Å². The van der Waals surface area contributed by atoms with Gasteiger partial charge in [-0.25, -0.2) is 9.18 Å². The number of carbonyl (C=O) groups excluding carboxylic acids is 1. The molecule has 1 aromatic carbocycles. The van der Waals surface area contributed by atoms with Crippen LogP contribution in [-0.4, -0.2) is 30.1 Å². The molecule has 0 aliphatic carbocycles. The molecule has 0 aliphatic rings. The minimum absolute atomic E-state index is 0.0895. The fraction of sp³-hybridized carbons (Fsp3) is 0.286. The van der Waals surface area contributed by atoms with Gasteiger partial charge in [0, 0.05) is 29.2 Å². The van der Waals surface area contributed by atoms with Gasteiger partial charge >= 0.3 is 5.97 Å². The number of thiophene rings is 1. The van der Waals surface area contributed by atoms with Gasteiger partial charge in [0.25, 0.3) is 0 Å². The molecule has 3 N–H and O–H groups in total. The maximum Gasteiger partial charge on any atom is 0.346 e. The van der Waals surface area contributed by atoms with Crippen LogP contribution < -0.4 is 10.6 Å². The van der Waals surface area contributed by atoms with Crippen LogP contribution in [0, 0.1) is 5.82 Å². The van der Waals surface area contributed by atoms with Crippen LogP contribution in [0.15, 0.2) is 18.2 Å². The zero-order valence-electron chi connectivity index (χ0n) is 11.6. The second-order valence-electron chi connectivity index (χ2n) is 4.54. The monoisotopic (exact) mass is 310 g/mol. The number of hydrogen-bond donors (Lipinski definition) is 3. The molecule has 1 amide bonds. The first-order valence-corrected chi connectivity index (χ1v) is 7.15. The van der Waals surface area contributed by atoms with Crippen LogP contribution in [0.2, 0.25) is 0 Å². The third-order valence-corrected chi connectivity index (χ3v) is 4.37. The van der Waals surface area contributed by atoms with Crippen molar-refractivity contribution in [1.82, 2.24) is 10.6 Å². The maximum absolute atomic E-state index is 14.0. The van der Waals surface area contributed by atoms with E-state index in [0.717, 1.165) is 11.3 Å². The van der Waals surface area contributed by atoms with E-state index in [4.69, 9.17) is 0 Å². The summed E-state index contributed by atoms with van der Waals surface area (Å²) in [5.41, 5.74) is 0.372. The van der Waals surface area contributed by atoms with Crippen molar-refractivity contribution in [1.29, 1.82) is 0 Å². The number of aromatic carboxylic acids is 1. The summed E-state index contributed by atoms with van der Waals surface area (Å²) >= 11 is 1.03. The summed E-state index contributed by atoms with van der Waals surface area (Å²) in [5, 5.41) is 15.0. The second kappa shape index (κ2) is 6.19. The Morgan fingerprint density at radius 2 is 2.14 bits per heavy atom. The minimum Gasteiger partial charge on any atom is -0.477 e. The molecule has 1 atom stereocenters. The zero-order chi connectivity index (χ0) is 15.6. The highest BCUT2D eigenvalue weighted by Crippen LogP contribution is 2.33. The van der Waals surface area contributed by atoms with Crippen molar-refractivity contribution in [3.63, 3.8) is 0 Å². The minimum atomic E-state index is -1.10. The van der Waals surface area contributed by atoms with Crippen molar-refractivity contribution in [3.8, 4) is 0 Å². The van der Waals surface area contributed by atoms with Gasteiger partial charge in [0.15, 0.2) is 0 Å². The summed E-state index contributed by atoms with van der Waals surface area (Å²) in [7, 11) is 1.52. The number of carbonyl (C=O) groups is 2. The number of halogens is 1. The number of likely N-dealkylation sites (N-methyl/N-ethyl adjacent to an activating group) is 1. The standard InChI is InChI=1S/C14H15FN2O3S/c1-7(13(18)16-2)17-6-8-11-9(15)4-3-5-10(11)21-12(8)14(19)20/h3-5,7,17H,6H2,1-2H3,(H,16,18)(H,19,20). The van der Waals surface area contributed by atoms with Gasteiger partial charge in [-0.1, -0.05) is 6.07 Å². The number of nitrogens with one attached hydrogen (secondary N) is 2. The van der Waals surface area contributed by atoms with Gasteiger partial charge in [0.2, 0.25) is 5.91 Å². The lowest BCUT2D eigenvalue weighted by Gasteiger charge is -2.12. The molecule has 2 rings (SSSR count). The smallest absolute Gasteiger partial charge is 0.346 e. The molecule has 0 bridgehead atoms. The Bertz CT molecular complexity index is 699. The Morgan fingerprint density at radius 1 is 1.43 bits per heavy atom. The number of carboxylic acid groups (broad SMARTS) is 1. The third kappa shape index (κ3) is 3.03. The number of rotatable bonds is 5. The first-order chi connectivity index (χ1) is 9.95. The van der Waals surface area contributed by atoms with Crippen LogP contribution in [-0.2, 0) is 11.3 Å². The van der Waals surface area contributed by atoms with Crippen LogP contribution in [0.5, 0.6) is 0 Å². The predicted octanol–water partition coefficient (Wildman–Crippen LogP) is 1.96. The molecule has 0 radical (unpaired) electrons. The molecule has 1 unspecified atom stereocenters. The van der Waals surface area contributed by atoms with E-state index in [-0.39, 0.29) is 17.3 Å². The maximum atomic E-state index is 14.0. The van der Waals surface area contributed by atoms with Crippen molar-refractivity contribution in [2.45, 2.75) is 19.5 Å². The Morgan fingerprint density at radius 3 is 2.76 bits per heavy atom. The SMILES string of the molecule is CNC(=O)C(C)NCc1c(C(=O)O)sc2cccc(F)c12. The van der Waals surface area contributed by atoms with Crippen molar-refractivity contribution >= 4 is 33.3 Å². The van der Waals surface area contributed by atoms with Crippen LogP contribution in [0.1, 0.15) is 22.2 Å². The van der Waals surface area contributed by atoms with E-state index in [1.807, 2.05) is 0 Å². The fourth-order valence-electron chi connectivity index (χ4n) is 2.07. The normalized spacial score (nSPS) is 12.3. The van der Waals surface area contributed by atoms with Gasteiger partial charge < -0.3 is 15.7 Å². The van der Waals surface area contributed by atoms with Gasteiger partial charge in [-0.15, -0.1) is 11.3 Å². The molecular weight excluding hydrogens is 295 g/mol. The Hall–Kier alpha value is -1.99. The number of fused-ring (bicyclic) bond motifs is 1. The number of hydrogen-bond acceptors (Lipinski definition) is 4. The van der Waals surface area contributed by atoms with Crippen LogP contribution >= 0.6 is 11.3 Å². The lowest BCUT2D eigenvalue weighted by molar-refractivity contribution is -0.122. The lowest BCUT2D eigenvalue weighted by atomic mass is 10.1. The van der Waals surface area contributed by atoms with Crippen molar-refractivity contribution < 1.29 is 19.1 Å². The highest BCUT2D eigenvalue weighted by molar-refractivity contribution is 7.21. The lowest BCUT2D eigenvalue weighted by Crippen LogP contribution is -2.40. The fourth-order valence-corrected chi connectivity index (χ4v) is 3.15. The summed E-state index contributed by atoms with van der Waals surface area (Å²) < 4.78 is 14.6. The average molecular weight is 310 g/mol. The number of benzene rings is 1. The molecule has 7 heteroatoms. The van der Waals surface area contributed by atoms with Gasteiger partial charge in [-0.05, 0) is 19.1 Å². The van der Waals surface area contributed by atoms with E-state index >= 15 is 0 Å². The largest absolute Gasteiger partial charge is 0.477 e. The molecule has 2 aromatic rings. The summed E-state index contributed by atoms with van der Waals surface area (Å²) in [6, 6.07) is 4.02. The molecule has 1 aromatic heterocycles. The molecular formula is C14H15FN2O3S. The Labute approximate surface area is 124 Å². The van der Waals surface area contributed by atoms with Crippen LogP contribution in [0.3, 0.4) is 0 Å². The van der Waals surface area contributed by atoms with Gasteiger partial charge in [0.05, 0.1) is 6.04 Å². The molecule has 5 nitrogen and oxygen atoms in total. The molecule has 0 saturated heterocycles. The van der Waals surface area contributed by atoms with E-state index in [2.05, 4.69) is 10.6 Å². The Kier molecular flexibility index (Phi) is 4.54. The van der Waals surface area contributed by atoms with Crippen molar-refractivity contribution in [2.75, 3.05) is 7.05 Å². The topological polar surface area (TPSA) is 78.4 Å². The summed E-state index contributed by atoms with van der Waals surface area (Å²) in [4.78, 5) is 22.9. The van der Waals surface area contributed by atoms with E-state index in [1.165, 1.54) is 13.1 Å². The molecule has 0 fully saturated rings. The first-order valence-electron chi connectivity index (χ1n) is 6.33. The zero-order valence-corrected chi connectivity index (χ0v) is 12.4. The summed E-state index contributed by atoms with van der Waals surface area (Å²) in [5.74, 6) is -1.77. The van der Waals surface area contributed by atoms with Crippen LogP contribution in [0.4, 0.5) is 4.39 Å². The van der Waals surface area contributed by atoms with E-state index in [9.17, 15) is 19.1 Å².